The summed E-state index contributed by atoms with van der Waals surface area (Å²) in [6, 6.07) is 25.9. The van der Waals surface area contributed by atoms with Gasteiger partial charge in [-0.1, -0.05) is 54.6 Å². The topological polar surface area (TPSA) is 106 Å². The highest BCUT2D eigenvalue weighted by molar-refractivity contribution is 5.64. The van der Waals surface area contributed by atoms with Crippen LogP contribution in [0, 0.1) is 0 Å². The molecule has 0 radical (unpaired) electrons. The molecule has 0 aliphatic rings. The van der Waals surface area contributed by atoms with E-state index in [0.717, 1.165) is 34.6 Å². The number of nitrogens with one attached hydrogen (secondary N) is 3. The minimum absolute atomic E-state index is 0.453. The first-order chi connectivity index (χ1) is 17.2. The molecule has 8 heteroatoms. The third-order valence-corrected chi connectivity index (χ3v) is 5.55. The maximum absolute atomic E-state index is 5.89. The monoisotopic (exact) mass is 470 g/mol. The highest BCUT2D eigenvalue weighted by atomic mass is 16.5. The second-order valence-corrected chi connectivity index (χ2v) is 7.89. The Morgan fingerprint density at radius 2 is 1.46 bits per heavy atom. The summed E-state index contributed by atoms with van der Waals surface area (Å²) in [6.07, 6.45) is 1.40. The third kappa shape index (κ3) is 6.18. The number of para-hydroxylation sites is 1. The molecule has 0 fully saturated rings. The molecule has 3 aromatic carbocycles. The van der Waals surface area contributed by atoms with Gasteiger partial charge in [-0.3, -0.25) is 0 Å². The van der Waals surface area contributed by atoms with E-state index in [1.54, 1.807) is 14.2 Å². The molecule has 0 unspecified atom stereocenters. The van der Waals surface area contributed by atoms with E-state index >= 15 is 0 Å². The Bertz CT molecular complexity index is 1240. The average Bonchev–Trinajstić information content (AvgIpc) is 2.90. The Kier molecular flexibility index (Phi) is 7.98. The fraction of sp³-hybridized carbons (Fsp3) is 0.185. The minimum atomic E-state index is 0.453. The number of nitrogen functional groups attached to an aromatic ring is 1. The van der Waals surface area contributed by atoms with Crippen molar-refractivity contribution in [1.29, 1.82) is 0 Å². The van der Waals surface area contributed by atoms with Crippen LogP contribution in [0.15, 0.2) is 78.9 Å². The van der Waals surface area contributed by atoms with Gasteiger partial charge in [0.15, 0.2) is 17.3 Å². The molecule has 0 atom stereocenters. The number of nitrogens with two attached hydrogens (primary N) is 1. The summed E-state index contributed by atoms with van der Waals surface area (Å²) >= 11 is 0. The predicted molar refractivity (Wildman–Crippen MR) is 141 cm³/mol. The fourth-order valence-electron chi connectivity index (χ4n) is 3.78. The SMILES string of the molecule is COc1ccc(CCNc2nc(Nc3ccccc3)nc(NN)c2Cc2ccccc2)cc1OC. The number of anilines is 4. The van der Waals surface area contributed by atoms with Crippen molar-refractivity contribution < 1.29 is 9.47 Å². The molecule has 0 aliphatic carbocycles. The fourth-order valence-corrected chi connectivity index (χ4v) is 3.78. The molecule has 0 bridgehead atoms. The molecule has 35 heavy (non-hydrogen) atoms. The van der Waals surface area contributed by atoms with Gasteiger partial charge in [-0.05, 0) is 41.8 Å². The zero-order chi connectivity index (χ0) is 24.5. The standard InChI is InChI=1S/C27H30N6O2/c1-34-23-14-13-20(18-24(23)35-2)15-16-29-25-22(17-19-9-5-3-6-10-19)26(33-28)32-27(31-25)30-21-11-7-4-8-12-21/h3-14,18H,15-17,28H2,1-2H3,(H3,29,30,31,32,33). The van der Waals surface area contributed by atoms with E-state index in [0.29, 0.717) is 36.2 Å². The molecule has 1 aromatic heterocycles. The van der Waals surface area contributed by atoms with Crippen LogP contribution in [0.25, 0.3) is 0 Å². The average molecular weight is 471 g/mol. The van der Waals surface area contributed by atoms with Crippen LogP contribution in [0.2, 0.25) is 0 Å². The number of ether oxygens (including phenoxy) is 2. The lowest BCUT2D eigenvalue weighted by Gasteiger charge is -2.17. The highest BCUT2D eigenvalue weighted by Crippen LogP contribution is 2.29. The summed E-state index contributed by atoms with van der Waals surface area (Å²) in [5.74, 6) is 9.05. The first-order valence-corrected chi connectivity index (χ1v) is 11.4. The maximum atomic E-state index is 5.89. The van der Waals surface area contributed by atoms with Crippen molar-refractivity contribution in [1.82, 2.24) is 9.97 Å². The zero-order valence-corrected chi connectivity index (χ0v) is 19.9. The smallest absolute Gasteiger partial charge is 0.231 e. The van der Waals surface area contributed by atoms with Gasteiger partial charge in [0.2, 0.25) is 5.95 Å². The number of aromatic nitrogens is 2. The van der Waals surface area contributed by atoms with Crippen molar-refractivity contribution in [2.45, 2.75) is 12.8 Å². The van der Waals surface area contributed by atoms with Crippen molar-refractivity contribution in [3.63, 3.8) is 0 Å². The first kappa shape index (κ1) is 23.8. The van der Waals surface area contributed by atoms with Crippen molar-refractivity contribution >= 4 is 23.3 Å². The molecule has 0 amide bonds. The van der Waals surface area contributed by atoms with Gasteiger partial charge in [0.25, 0.3) is 0 Å². The Labute approximate surface area is 205 Å². The number of rotatable bonds is 11. The third-order valence-electron chi connectivity index (χ3n) is 5.55. The molecule has 4 rings (SSSR count). The Balaban J connectivity index is 1.59. The first-order valence-electron chi connectivity index (χ1n) is 11.4. The highest BCUT2D eigenvalue weighted by Gasteiger charge is 2.15. The zero-order valence-electron chi connectivity index (χ0n) is 19.9. The Hall–Kier alpha value is -4.30. The Morgan fingerprint density at radius 1 is 0.771 bits per heavy atom. The second kappa shape index (κ2) is 11.7. The van der Waals surface area contributed by atoms with Gasteiger partial charge >= 0.3 is 0 Å². The normalized spacial score (nSPS) is 10.5. The van der Waals surface area contributed by atoms with Crippen molar-refractivity contribution in [2.24, 2.45) is 5.84 Å². The summed E-state index contributed by atoms with van der Waals surface area (Å²) in [6.45, 7) is 0.656. The van der Waals surface area contributed by atoms with Crippen LogP contribution in [0.1, 0.15) is 16.7 Å². The van der Waals surface area contributed by atoms with Crippen LogP contribution in [0.4, 0.5) is 23.3 Å². The van der Waals surface area contributed by atoms with Crippen molar-refractivity contribution in [3.05, 3.63) is 95.6 Å². The van der Waals surface area contributed by atoms with Gasteiger partial charge in [-0.25, -0.2) is 5.84 Å². The molecule has 8 nitrogen and oxygen atoms in total. The lowest BCUT2D eigenvalue weighted by molar-refractivity contribution is 0.354. The van der Waals surface area contributed by atoms with Crippen molar-refractivity contribution in [2.75, 3.05) is 36.8 Å². The molecule has 4 aromatic rings. The van der Waals surface area contributed by atoms with E-state index in [-0.39, 0.29) is 0 Å². The molecule has 0 saturated heterocycles. The second-order valence-electron chi connectivity index (χ2n) is 7.89. The quantitative estimate of drug-likeness (QED) is 0.184. The number of hydrogen-bond acceptors (Lipinski definition) is 8. The molecule has 0 saturated carbocycles. The largest absolute Gasteiger partial charge is 0.493 e. The van der Waals surface area contributed by atoms with Gasteiger partial charge in [-0.2, -0.15) is 9.97 Å². The minimum Gasteiger partial charge on any atom is -0.493 e. The number of nitrogens with zero attached hydrogens (tertiary/aromatic N) is 2. The number of hydrazine groups is 1. The number of benzene rings is 3. The maximum Gasteiger partial charge on any atom is 0.231 e. The van der Waals surface area contributed by atoms with E-state index in [1.165, 1.54) is 0 Å². The summed E-state index contributed by atoms with van der Waals surface area (Å²) in [5.41, 5.74) is 6.80. The van der Waals surface area contributed by atoms with Gasteiger partial charge in [0, 0.05) is 24.2 Å². The van der Waals surface area contributed by atoms with E-state index in [4.69, 9.17) is 20.3 Å². The van der Waals surface area contributed by atoms with Crippen LogP contribution in [-0.4, -0.2) is 30.7 Å². The van der Waals surface area contributed by atoms with E-state index in [2.05, 4.69) is 33.2 Å². The number of hydrogen-bond donors (Lipinski definition) is 4. The molecular formula is C27H30N6O2. The van der Waals surface area contributed by atoms with Crippen LogP contribution >= 0.6 is 0 Å². The van der Waals surface area contributed by atoms with Crippen LogP contribution in [-0.2, 0) is 12.8 Å². The van der Waals surface area contributed by atoms with Crippen LogP contribution < -0.4 is 31.4 Å². The molecule has 1 heterocycles. The van der Waals surface area contributed by atoms with Gasteiger partial charge in [0.1, 0.15) is 5.82 Å². The van der Waals surface area contributed by atoms with Crippen molar-refractivity contribution in [3.8, 4) is 11.5 Å². The molecule has 5 N–H and O–H groups in total. The summed E-state index contributed by atoms with van der Waals surface area (Å²) in [7, 11) is 3.27. The summed E-state index contributed by atoms with van der Waals surface area (Å²) in [5, 5.41) is 6.75. The van der Waals surface area contributed by atoms with Crippen LogP contribution in [0.5, 0.6) is 11.5 Å². The van der Waals surface area contributed by atoms with E-state index in [9.17, 15) is 0 Å². The molecule has 0 spiro atoms. The lowest BCUT2D eigenvalue weighted by Crippen LogP contribution is -2.17. The summed E-state index contributed by atoms with van der Waals surface area (Å²) < 4.78 is 10.8. The van der Waals surface area contributed by atoms with Gasteiger partial charge in [-0.15, -0.1) is 0 Å². The van der Waals surface area contributed by atoms with Gasteiger partial charge < -0.3 is 25.5 Å². The van der Waals surface area contributed by atoms with E-state index < -0.39 is 0 Å². The summed E-state index contributed by atoms with van der Waals surface area (Å²) in [4.78, 5) is 9.41. The number of methoxy groups -OCH3 is 2. The predicted octanol–water partition coefficient (Wildman–Crippen LogP) is 4.77. The van der Waals surface area contributed by atoms with Crippen LogP contribution in [0.3, 0.4) is 0 Å². The molecular weight excluding hydrogens is 440 g/mol. The van der Waals surface area contributed by atoms with Gasteiger partial charge in [0.05, 0.1) is 14.2 Å². The van der Waals surface area contributed by atoms with E-state index in [1.807, 2.05) is 66.7 Å². The Morgan fingerprint density at radius 3 is 2.14 bits per heavy atom. The molecule has 0 aliphatic heterocycles. The lowest BCUT2D eigenvalue weighted by atomic mass is 10.1. The molecule has 180 valence electrons.